The van der Waals surface area contributed by atoms with Crippen LogP contribution in [0.4, 0.5) is 24.0 Å². The standard InChI is InChI=1S/C13H11F3N2O2S/c14-13(15,16)8-1-3-9(4-2-8)17-12-18-10(7-21-12)5-6-11(19)20/h1-4,7H,5-6H2,(H,17,18)(H,19,20). The highest BCUT2D eigenvalue weighted by atomic mass is 32.1. The first-order valence-corrected chi connectivity index (χ1v) is 6.83. The summed E-state index contributed by atoms with van der Waals surface area (Å²) in [6, 6.07) is 4.62. The number of thiazole rings is 1. The van der Waals surface area contributed by atoms with Gasteiger partial charge in [-0.3, -0.25) is 4.79 Å². The first-order chi connectivity index (χ1) is 9.84. The number of hydrogen-bond donors (Lipinski definition) is 2. The average Bonchev–Trinajstić information content (AvgIpc) is 2.83. The molecule has 2 aromatic rings. The average molecular weight is 316 g/mol. The number of aryl methyl sites for hydroxylation is 1. The molecule has 0 saturated carbocycles. The fraction of sp³-hybridized carbons (Fsp3) is 0.231. The second-order valence-corrected chi connectivity index (χ2v) is 5.10. The van der Waals surface area contributed by atoms with Crippen molar-refractivity contribution >= 4 is 28.1 Å². The van der Waals surface area contributed by atoms with Crippen molar-refractivity contribution in [3.63, 3.8) is 0 Å². The quantitative estimate of drug-likeness (QED) is 0.877. The van der Waals surface area contributed by atoms with E-state index in [0.29, 0.717) is 22.9 Å². The molecule has 2 N–H and O–H groups in total. The van der Waals surface area contributed by atoms with Gasteiger partial charge >= 0.3 is 12.1 Å². The summed E-state index contributed by atoms with van der Waals surface area (Å²) in [5.41, 5.74) is 0.410. The molecule has 2 rings (SSSR count). The second-order valence-electron chi connectivity index (χ2n) is 4.24. The molecule has 1 heterocycles. The lowest BCUT2D eigenvalue weighted by Gasteiger charge is -2.07. The second kappa shape index (κ2) is 6.13. The number of carboxylic acid groups (broad SMARTS) is 1. The van der Waals surface area contributed by atoms with Gasteiger partial charge in [0.25, 0.3) is 0 Å². The Balaban J connectivity index is 2.00. The lowest BCUT2D eigenvalue weighted by Crippen LogP contribution is -2.04. The summed E-state index contributed by atoms with van der Waals surface area (Å²) >= 11 is 1.27. The summed E-state index contributed by atoms with van der Waals surface area (Å²) in [6.45, 7) is 0. The van der Waals surface area contributed by atoms with Gasteiger partial charge in [-0.05, 0) is 24.3 Å². The predicted molar refractivity (Wildman–Crippen MR) is 72.8 cm³/mol. The van der Waals surface area contributed by atoms with Gasteiger partial charge in [-0.2, -0.15) is 13.2 Å². The number of nitrogens with one attached hydrogen (secondary N) is 1. The minimum Gasteiger partial charge on any atom is -0.481 e. The molecular weight excluding hydrogens is 305 g/mol. The maximum Gasteiger partial charge on any atom is 0.416 e. The highest BCUT2D eigenvalue weighted by Gasteiger charge is 2.29. The summed E-state index contributed by atoms with van der Waals surface area (Å²) in [5.74, 6) is -0.903. The minimum absolute atomic E-state index is 0.0105. The third kappa shape index (κ3) is 4.45. The van der Waals surface area contributed by atoms with Crippen molar-refractivity contribution in [3.05, 3.63) is 40.9 Å². The number of alkyl halides is 3. The van der Waals surface area contributed by atoms with Gasteiger partial charge in [0.05, 0.1) is 17.7 Å². The van der Waals surface area contributed by atoms with Gasteiger partial charge < -0.3 is 10.4 Å². The number of carboxylic acids is 1. The molecule has 1 aromatic carbocycles. The highest BCUT2D eigenvalue weighted by Crippen LogP contribution is 2.30. The van der Waals surface area contributed by atoms with Gasteiger partial charge in [0.2, 0.25) is 0 Å². The third-order valence-electron chi connectivity index (χ3n) is 2.61. The Labute approximate surface area is 122 Å². The van der Waals surface area contributed by atoms with E-state index in [4.69, 9.17) is 5.11 Å². The molecule has 21 heavy (non-hydrogen) atoms. The molecule has 112 valence electrons. The summed E-state index contributed by atoms with van der Waals surface area (Å²) in [5, 5.41) is 13.7. The fourth-order valence-electron chi connectivity index (χ4n) is 1.58. The van der Waals surface area contributed by atoms with Crippen LogP contribution in [0.15, 0.2) is 29.6 Å². The number of carbonyl (C=O) groups is 1. The van der Waals surface area contributed by atoms with Gasteiger partial charge in [0.15, 0.2) is 5.13 Å². The molecule has 0 bridgehead atoms. The Morgan fingerprint density at radius 3 is 2.52 bits per heavy atom. The van der Waals surface area contributed by atoms with Crippen molar-refractivity contribution in [2.24, 2.45) is 0 Å². The van der Waals surface area contributed by atoms with E-state index in [1.165, 1.54) is 23.5 Å². The number of anilines is 2. The molecule has 0 spiro atoms. The Morgan fingerprint density at radius 2 is 1.95 bits per heavy atom. The normalized spacial score (nSPS) is 11.4. The molecule has 0 aliphatic heterocycles. The smallest absolute Gasteiger partial charge is 0.416 e. The zero-order chi connectivity index (χ0) is 15.5. The topological polar surface area (TPSA) is 62.2 Å². The fourth-order valence-corrected chi connectivity index (χ4v) is 2.35. The van der Waals surface area contributed by atoms with Crippen molar-refractivity contribution in [2.75, 3.05) is 5.32 Å². The van der Waals surface area contributed by atoms with Crippen molar-refractivity contribution in [1.82, 2.24) is 4.98 Å². The van der Waals surface area contributed by atoms with Gasteiger partial charge in [-0.25, -0.2) is 4.98 Å². The van der Waals surface area contributed by atoms with E-state index >= 15 is 0 Å². The predicted octanol–water partition coefficient (Wildman–Crippen LogP) is 3.92. The van der Waals surface area contributed by atoms with Crippen LogP contribution in [-0.4, -0.2) is 16.1 Å². The van der Waals surface area contributed by atoms with Crippen LogP contribution in [0, 0.1) is 0 Å². The summed E-state index contributed by atoms with van der Waals surface area (Å²) in [4.78, 5) is 14.6. The first kappa shape index (κ1) is 15.3. The van der Waals surface area contributed by atoms with Crippen molar-refractivity contribution in [3.8, 4) is 0 Å². The molecule has 0 saturated heterocycles. The van der Waals surface area contributed by atoms with E-state index in [1.54, 1.807) is 5.38 Å². The number of rotatable bonds is 5. The molecule has 1 aromatic heterocycles. The maximum absolute atomic E-state index is 12.4. The van der Waals surface area contributed by atoms with Crippen molar-refractivity contribution in [1.29, 1.82) is 0 Å². The van der Waals surface area contributed by atoms with E-state index in [-0.39, 0.29) is 6.42 Å². The van der Waals surface area contributed by atoms with Gasteiger partial charge in [-0.15, -0.1) is 11.3 Å². The Morgan fingerprint density at radius 1 is 1.29 bits per heavy atom. The monoisotopic (exact) mass is 316 g/mol. The zero-order valence-corrected chi connectivity index (χ0v) is 11.5. The minimum atomic E-state index is -4.36. The van der Waals surface area contributed by atoms with Crippen molar-refractivity contribution in [2.45, 2.75) is 19.0 Å². The van der Waals surface area contributed by atoms with E-state index in [9.17, 15) is 18.0 Å². The van der Waals surface area contributed by atoms with Gasteiger partial charge in [0.1, 0.15) is 0 Å². The lowest BCUT2D eigenvalue weighted by atomic mass is 10.2. The number of aliphatic carboxylic acids is 1. The number of hydrogen-bond acceptors (Lipinski definition) is 4. The Hall–Kier alpha value is -2.09. The van der Waals surface area contributed by atoms with Crippen LogP contribution in [-0.2, 0) is 17.4 Å². The largest absolute Gasteiger partial charge is 0.481 e. The first-order valence-electron chi connectivity index (χ1n) is 5.95. The van der Waals surface area contributed by atoms with E-state index in [2.05, 4.69) is 10.3 Å². The van der Waals surface area contributed by atoms with Crippen LogP contribution < -0.4 is 5.32 Å². The maximum atomic E-state index is 12.4. The molecule has 0 fully saturated rings. The van der Waals surface area contributed by atoms with E-state index < -0.39 is 17.7 Å². The van der Waals surface area contributed by atoms with Gasteiger partial charge in [0, 0.05) is 17.5 Å². The SMILES string of the molecule is O=C(O)CCc1csc(Nc2ccc(C(F)(F)F)cc2)n1. The number of benzene rings is 1. The molecule has 0 atom stereocenters. The third-order valence-corrected chi connectivity index (χ3v) is 3.42. The molecule has 8 heteroatoms. The molecule has 0 aliphatic rings. The number of aromatic nitrogens is 1. The lowest BCUT2D eigenvalue weighted by molar-refractivity contribution is -0.138. The Kier molecular flexibility index (Phi) is 4.46. The number of nitrogens with zero attached hydrogens (tertiary/aromatic N) is 1. The molecule has 0 amide bonds. The summed E-state index contributed by atoms with van der Waals surface area (Å²) in [7, 11) is 0. The van der Waals surface area contributed by atoms with Crippen LogP contribution >= 0.6 is 11.3 Å². The van der Waals surface area contributed by atoms with Crippen molar-refractivity contribution < 1.29 is 23.1 Å². The molecule has 0 radical (unpaired) electrons. The molecule has 0 aliphatic carbocycles. The van der Waals surface area contributed by atoms with Gasteiger partial charge in [-0.1, -0.05) is 0 Å². The Bertz CT molecular complexity index is 623. The highest BCUT2D eigenvalue weighted by molar-refractivity contribution is 7.13. The molecule has 4 nitrogen and oxygen atoms in total. The van der Waals surface area contributed by atoms with E-state index in [1.807, 2.05) is 0 Å². The molecule has 0 unspecified atom stereocenters. The van der Waals surface area contributed by atoms with Crippen LogP contribution in [0.3, 0.4) is 0 Å². The van der Waals surface area contributed by atoms with Crippen LogP contribution in [0.25, 0.3) is 0 Å². The van der Waals surface area contributed by atoms with Crippen LogP contribution in [0.1, 0.15) is 17.7 Å². The number of halogens is 3. The van der Waals surface area contributed by atoms with E-state index in [0.717, 1.165) is 12.1 Å². The van der Waals surface area contributed by atoms with Crippen LogP contribution in [0.5, 0.6) is 0 Å². The van der Waals surface area contributed by atoms with Crippen LogP contribution in [0.2, 0.25) is 0 Å². The summed E-state index contributed by atoms with van der Waals surface area (Å²) < 4.78 is 37.3. The molecular formula is C13H11F3N2O2S. The summed E-state index contributed by atoms with van der Waals surface area (Å²) in [6.07, 6.45) is -4.05. The zero-order valence-electron chi connectivity index (χ0n) is 10.6.